The van der Waals surface area contributed by atoms with E-state index in [2.05, 4.69) is 15.6 Å². The minimum absolute atomic E-state index is 0.0856. The van der Waals surface area contributed by atoms with E-state index >= 15 is 0 Å². The second-order valence-corrected chi connectivity index (χ2v) is 4.89. The number of carbonyl (C=O) groups excluding carboxylic acids is 1. The molecule has 0 spiro atoms. The highest BCUT2D eigenvalue weighted by Crippen LogP contribution is 2.26. The van der Waals surface area contributed by atoms with Crippen molar-refractivity contribution in [2.45, 2.75) is 26.4 Å². The van der Waals surface area contributed by atoms with Crippen molar-refractivity contribution < 1.29 is 13.6 Å². The Labute approximate surface area is 131 Å². The minimum Gasteiger partial charge on any atom is -0.377 e. The van der Waals surface area contributed by atoms with Gasteiger partial charge in [-0.1, -0.05) is 18.5 Å². The summed E-state index contributed by atoms with van der Waals surface area (Å²) in [5.74, 6) is 0.0654. The second kappa shape index (κ2) is 7.22. The van der Waals surface area contributed by atoms with E-state index in [-0.39, 0.29) is 18.3 Å². The fourth-order valence-electron chi connectivity index (χ4n) is 1.82. The van der Waals surface area contributed by atoms with E-state index < -0.39 is 6.55 Å². The number of imidazole rings is 1. The Balaban J connectivity index is 2.10. The highest BCUT2D eigenvalue weighted by molar-refractivity contribution is 6.33. The van der Waals surface area contributed by atoms with Gasteiger partial charge in [-0.05, 0) is 18.2 Å². The molecule has 8 heteroatoms. The fourth-order valence-corrected chi connectivity index (χ4v) is 2.01. The molecule has 2 aromatic rings. The molecule has 1 amide bonds. The van der Waals surface area contributed by atoms with Gasteiger partial charge in [0.05, 0.1) is 17.3 Å². The predicted molar refractivity (Wildman–Crippen MR) is 81.2 cm³/mol. The first kappa shape index (κ1) is 16.2. The molecule has 0 aliphatic heterocycles. The van der Waals surface area contributed by atoms with Crippen LogP contribution in [-0.2, 0) is 11.3 Å². The number of aromatic nitrogens is 2. The fraction of sp³-hybridized carbons (Fsp3) is 0.286. The number of nitrogens with one attached hydrogen (secondary N) is 2. The molecule has 0 saturated heterocycles. The number of rotatable bonds is 6. The van der Waals surface area contributed by atoms with Crippen LogP contribution in [0.2, 0.25) is 5.02 Å². The lowest BCUT2D eigenvalue weighted by Gasteiger charge is -2.12. The Kier molecular flexibility index (Phi) is 5.32. The van der Waals surface area contributed by atoms with Gasteiger partial charge in [-0.15, -0.1) is 0 Å². The highest BCUT2D eigenvalue weighted by atomic mass is 35.5. The average Bonchev–Trinajstić information content (AvgIpc) is 2.96. The van der Waals surface area contributed by atoms with Crippen molar-refractivity contribution in [1.82, 2.24) is 9.55 Å². The molecule has 0 bridgehead atoms. The van der Waals surface area contributed by atoms with Crippen LogP contribution in [0.3, 0.4) is 0 Å². The smallest absolute Gasteiger partial charge is 0.319 e. The topological polar surface area (TPSA) is 59.0 Å². The first-order valence-corrected chi connectivity index (χ1v) is 7.02. The molecule has 22 heavy (non-hydrogen) atoms. The zero-order chi connectivity index (χ0) is 16.1. The monoisotopic (exact) mass is 328 g/mol. The summed E-state index contributed by atoms with van der Waals surface area (Å²) in [6.45, 7) is -0.818. The number of hydrogen-bond donors (Lipinski definition) is 2. The molecule has 0 atom stereocenters. The first-order chi connectivity index (χ1) is 10.5. The summed E-state index contributed by atoms with van der Waals surface area (Å²) in [4.78, 5) is 15.3. The molecule has 0 saturated carbocycles. The quantitative estimate of drug-likeness (QED) is 0.845. The Morgan fingerprint density at radius 3 is 2.91 bits per heavy atom. The summed E-state index contributed by atoms with van der Waals surface area (Å²) in [6, 6.07) is 4.93. The highest BCUT2D eigenvalue weighted by Gasteiger charge is 2.12. The molecule has 0 aliphatic rings. The van der Waals surface area contributed by atoms with Crippen molar-refractivity contribution >= 4 is 28.9 Å². The van der Waals surface area contributed by atoms with Crippen molar-refractivity contribution in [3.8, 4) is 0 Å². The molecule has 5 nitrogen and oxygen atoms in total. The Morgan fingerprint density at radius 1 is 1.45 bits per heavy atom. The number of anilines is 2. The largest absolute Gasteiger partial charge is 0.377 e. The summed E-state index contributed by atoms with van der Waals surface area (Å²) in [5, 5.41) is 6.07. The molecule has 1 aromatic heterocycles. The van der Waals surface area contributed by atoms with Crippen LogP contribution in [0.5, 0.6) is 0 Å². The van der Waals surface area contributed by atoms with Crippen molar-refractivity contribution in [3.63, 3.8) is 0 Å². The van der Waals surface area contributed by atoms with Gasteiger partial charge in [-0.2, -0.15) is 8.78 Å². The summed E-state index contributed by atoms with van der Waals surface area (Å²) in [7, 11) is 0. The third kappa shape index (κ3) is 3.94. The number of halogens is 3. The van der Waals surface area contributed by atoms with Crippen molar-refractivity contribution in [1.29, 1.82) is 0 Å². The van der Waals surface area contributed by atoms with Crippen molar-refractivity contribution in [2.24, 2.45) is 0 Å². The predicted octanol–water partition coefficient (Wildman–Crippen LogP) is 3.89. The molecule has 1 aromatic carbocycles. The van der Waals surface area contributed by atoms with Gasteiger partial charge in [0.2, 0.25) is 5.91 Å². The normalized spacial score (nSPS) is 10.8. The van der Waals surface area contributed by atoms with Gasteiger partial charge in [0.1, 0.15) is 5.82 Å². The zero-order valence-corrected chi connectivity index (χ0v) is 12.6. The van der Waals surface area contributed by atoms with Crippen LogP contribution in [0.15, 0.2) is 30.6 Å². The summed E-state index contributed by atoms with van der Waals surface area (Å²) >= 11 is 6.06. The Morgan fingerprint density at radius 2 is 2.23 bits per heavy atom. The average molecular weight is 329 g/mol. The molecule has 2 rings (SSSR count). The van der Waals surface area contributed by atoms with E-state index in [1.807, 2.05) is 0 Å². The van der Waals surface area contributed by atoms with E-state index in [9.17, 15) is 13.6 Å². The molecular formula is C14H15ClF2N4O. The van der Waals surface area contributed by atoms with Gasteiger partial charge in [-0.3, -0.25) is 9.36 Å². The van der Waals surface area contributed by atoms with E-state index in [1.165, 1.54) is 12.4 Å². The van der Waals surface area contributed by atoms with Gasteiger partial charge in [-0.25, -0.2) is 4.98 Å². The first-order valence-electron chi connectivity index (χ1n) is 6.64. The molecule has 118 valence electrons. The van der Waals surface area contributed by atoms with Gasteiger partial charge < -0.3 is 10.6 Å². The van der Waals surface area contributed by atoms with Gasteiger partial charge in [0.25, 0.3) is 0 Å². The number of alkyl halides is 2. The number of benzene rings is 1. The van der Waals surface area contributed by atoms with E-state index in [4.69, 9.17) is 11.6 Å². The van der Waals surface area contributed by atoms with E-state index in [0.717, 1.165) is 4.57 Å². The third-order valence-corrected chi connectivity index (χ3v) is 3.30. The Bertz CT molecular complexity index is 660. The maximum absolute atomic E-state index is 12.7. The minimum atomic E-state index is -2.65. The lowest BCUT2D eigenvalue weighted by atomic mass is 10.2. The van der Waals surface area contributed by atoms with E-state index in [1.54, 1.807) is 25.1 Å². The van der Waals surface area contributed by atoms with Gasteiger partial charge in [0, 0.05) is 24.5 Å². The lowest BCUT2D eigenvalue weighted by molar-refractivity contribution is -0.115. The standard InChI is InChI=1S/C14H15ClF2N4O/c1-2-13(22)20-9-3-4-10(15)11(7-9)19-8-12-18-5-6-21(12)14(16)17/h3-7,14,19H,2,8H2,1H3,(H,20,22). The van der Waals surface area contributed by atoms with Crippen LogP contribution in [0, 0.1) is 0 Å². The van der Waals surface area contributed by atoms with Crippen LogP contribution in [-0.4, -0.2) is 15.5 Å². The molecule has 0 fully saturated rings. The second-order valence-electron chi connectivity index (χ2n) is 4.48. The van der Waals surface area contributed by atoms with Crippen LogP contribution in [0.25, 0.3) is 0 Å². The molecular weight excluding hydrogens is 314 g/mol. The summed E-state index contributed by atoms with van der Waals surface area (Å²) in [6.07, 6.45) is 2.88. The maximum atomic E-state index is 12.7. The SMILES string of the molecule is CCC(=O)Nc1ccc(Cl)c(NCc2nccn2C(F)F)c1. The number of hydrogen-bond acceptors (Lipinski definition) is 3. The zero-order valence-electron chi connectivity index (χ0n) is 11.8. The molecule has 0 radical (unpaired) electrons. The van der Waals surface area contributed by atoms with Crippen LogP contribution >= 0.6 is 11.6 Å². The summed E-state index contributed by atoms with van der Waals surface area (Å²) in [5.41, 5.74) is 1.11. The number of carbonyl (C=O) groups is 1. The van der Waals surface area contributed by atoms with Gasteiger partial charge in [0.15, 0.2) is 0 Å². The lowest BCUT2D eigenvalue weighted by Crippen LogP contribution is -2.11. The maximum Gasteiger partial charge on any atom is 0.319 e. The Hall–Kier alpha value is -2.15. The number of amides is 1. The van der Waals surface area contributed by atoms with Gasteiger partial charge >= 0.3 is 6.55 Å². The molecule has 1 heterocycles. The molecule has 2 N–H and O–H groups in total. The van der Waals surface area contributed by atoms with E-state index in [0.29, 0.717) is 22.8 Å². The summed E-state index contributed by atoms with van der Waals surface area (Å²) < 4.78 is 26.2. The van der Waals surface area contributed by atoms with Crippen LogP contribution < -0.4 is 10.6 Å². The molecule has 0 unspecified atom stereocenters. The molecule has 0 aliphatic carbocycles. The number of nitrogens with zero attached hydrogens (tertiary/aromatic N) is 2. The van der Waals surface area contributed by atoms with Crippen LogP contribution in [0.4, 0.5) is 20.2 Å². The van der Waals surface area contributed by atoms with Crippen LogP contribution in [0.1, 0.15) is 25.7 Å². The van der Waals surface area contributed by atoms with Crippen molar-refractivity contribution in [2.75, 3.05) is 10.6 Å². The van der Waals surface area contributed by atoms with Crippen molar-refractivity contribution in [3.05, 3.63) is 41.4 Å². The third-order valence-electron chi connectivity index (χ3n) is 2.97.